The third-order valence-corrected chi connectivity index (χ3v) is 4.03. The smallest absolute Gasteiger partial charge is 0.336 e. The lowest BCUT2D eigenvalue weighted by atomic mass is 10.2. The largest absolute Gasteiger partial charge is 0.390 e. The zero-order valence-corrected chi connectivity index (χ0v) is 15.5. The summed E-state index contributed by atoms with van der Waals surface area (Å²) in [6.45, 7) is 2.58. The van der Waals surface area contributed by atoms with Gasteiger partial charge in [0, 0.05) is 13.8 Å². The molecule has 0 fully saturated rings. The van der Waals surface area contributed by atoms with Crippen molar-refractivity contribution in [1.82, 2.24) is 10.6 Å². The Morgan fingerprint density at radius 3 is 1.43 bits per heavy atom. The molecule has 2 atom stereocenters. The Morgan fingerprint density at radius 1 is 0.826 bits per heavy atom. The molecular weight excluding hydrogens is 340 g/mol. The highest BCUT2D eigenvalue weighted by molar-refractivity contribution is 7.98. The van der Waals surface area contributed by atoms with Gasteiger partial charge in [0.25, 0.3) is 0 Å². The van der Waals surface area contributed by atoms with Crippen LogP contribution in [-0.4, -0.2) is 59.9 Å². The van der Waals surface area contributed by atoms with Crippen LogP contribution in [0.3, 0.4) is 0 Å². The Morgan fingerprint density at radius 2 is 1.17 bits per heavy atom. The average molecular weight is 364 g/mol. The van der Waals surface area contributed by atoms with Crippen molar-refractivity contribution in [1.29, 1.82) is 0 Å². The number of ether oxygens (including phenoxy) is 1. The molecule has 0 heterocycles. The van der Waals surface area contributed by atoms with Crippen molar-refractivity contribution in [2.75, 3.05) is 24.0 Å². The van der Waals surface area contributed by atoms with Crippen molar-refractivity contribution in [2.45, 2.75) is 38.8 Å². The fourth-order valence-electron chi connectivity index (χ4n) is 1.70. The SMILES string of the molecule is CSCC[C@H](NC(C)=O)C(=O)OC(=O)[C@H](CCSC)NC(C)=O. The predicted octanol–water partition coefficient (Wildman–Crippen LogP) is 0.572. The highest BCUT2D eigenvalue weighted by Crippen LogP contribution is 2.07. The van der Waals surface area contributed by atoms with Gasteiger partial charge in [-0.2, -0.15) is 23.5 Å². The van der Waals surface area contributed by atoms with Crippen LogP contribution in [0.5, 0.6) is 0 Å². The fraction of sp³-hybridized carbons (Fsp3) is 0.714. The van der Waals surface area contributed by atoms with Crippen LogP contribution in [-0.2, 0) is 23.9 Å². The monoisotopic (exact) mass is 364 g/mol. The van der Waals surface area contributed by atoms with E-state index in [1.54, 1.807) is 0 Å². The molecule has 0 saturated carbocycles. The van der Waals surface area contributed by atoms with Crippen molar-refractivity contribution < 1.29 is 23.9 Å². The maximum Gasteiger partial charge on any atom is 0.336 e. The maximum atomic E-state index is 12.1. The lowest BCUT2D eigenvalue weighted by Crippen LogP contribution is -2.46. The standard InChI is InChI=1S/C14H24N2O5S2/c1-9(17)15-11(5-7-22-3)13(19)21-14(20)12(6-8-23-4)16-10(2)18/h11-12H,5-8H2,1-4H3,(H,15,17)(H,16,18)/t11-,12-/m0/s1. The molecule has 9 heteroatoms. The van der Waals surface area contributed by atoms with Gasteiger partial charge in [-0.1, -0.05) is 0 Å². The van der Waals surface area contributed by atoms with Crippen molar-refractivity contribution in [3.63, 3.8) is 0 Å². The number of rotatable bonds is 10. The molecule has 0 bridgehead atoms. The second-order valence-corrected chi connectivity index (χ2v) is 6.78. The predicted molar refractivity (Wildman–Crippen MR) is 92.3 cm³/mol. The highest BCUT2D eigenvalue weighted by Gasteiger charge is 2.28. The quantitative estimate of drug-likeness (QED) is 0.432. The van der Waals surface area contributed by atoms with Crippen molar-refractivity contribution >= 4 is 47.3 Å². The van der Waals surface area contributed by atoms with Gasteiger partial charge in [0.15, 0.2) is 0 Å². The molecule has 132 valence electrons. The molecule has 0 aromatic heterocycles. The Bertz CT molecular complexity index is 393. The molecular formula is C14H24N2O5S2. The third-order valence-electron chi connectivity index (χ3n) is 2.75. The van der Waals surface area contributed by atoms with Crippen LogP contribution in [0.15, 0.2) is 0 Å². The number of hydrogen-bond donors (Lipinski definition) is 2. The Hall–Kier alpha value is -1.22. The van der Waals surface area contributed by atoms with Crippen LogP contribution in [0, 0.1) is 0 Å². The van der Waals surface area contributed by atoms with Gasteiger partial charge in [-0.25, -0.2) is 9.59 Å². The first-order chi connectivity index (χ1) is 10.8. The Balaban J connectivity index is 4.78. The van der Waals surface area contributed by atoms with Gasteiger partial charge >= 0.3 is 11.9 Å². The summed E-state index contributed by atoms with van der Waals surface area (Å²) in [6.07, 6.45) is 4.47. The molecule has 0 saturated heterocycles. The van der Waals surface area contributed by atoms with Crippen molar-refractivity contribution in [3.8, 4) is 0 Å². The van der Waals surface area contributed by atoms with E-state index in [-0.39, 0.29) is 11.8 Å². The first-order valence-corrected chi connectivity index (χ1v) is 9.88. The van der Waals surface area contributed by atoms with E-state index in [1.165, 1.54) is 37.4 Å². The molecule has 0 radical (unpaired) electrons. The number of thioether (sulfide) groups is 2. The average Bonchev–Trinajstić information content (AvgIpc) is 2.46. The summed E-state index contributed by atoms with van der Waals surface area (Å²) in [5.41, 5.74) is 0. The zero-order chi connectivity index (χ0) is 17.8. The first-order valence-electron chi connectivity index (χ1n) is 7.09. The van der Waals surface area contributed by atoms with Crippen LogP contribution in [0.25, 0.3) is 0 Å². The van der Waals surface area contributed by atoms with Crippen LogP contribution < -0.4 is 10.6 Å². The van der Waals surface area contributed by atoms with E-state index >= 15 is 0 Å². The first kappa shape index (κ1) is 21.8. The van der Waals surface area contributed by atoms with E-state index in [0.717, 1.165) is 0 Å². The van der Waals surface area contributed by atoms with E-state index in [0.29, 0.717) is 24.3 Å². The van der Waals surface area contributed by atoms with Gasteiger partial charge in [-0.3, -0.25) is 9.59 Å². The topological polar surface area (TPSA) is 102 Å². The zero-order valence-electron chi connectivity index (χ0n) is 13.8. The van der Waals surface area contributed by atoms with Crippen LogP contribution in [0.4, 0.5) is 0 Å². The van der Waals surface area contributed by atoms with Crippen LogP contribution >= 0.6 is 23.5 Å². The molecule has 2 amide bonds. The summed E-state index contributed by atoms with van der Waals surface area (Å²) < 4.78 is 4.84. The number of carbonyl (C=O) groups is 4. The summed E-state index contributed by atoms with van der Waals surface area (Å²) in [5.74, 6) is -1.09. The van der Waals surface area contributed by atoms with Crippen LogP contribution in [0.1, 0.15) is 26.7 Å². The van der Waals surface area contributed by atoms with E-state index in [9.17, 15) is 19.2 Å². The van der Waals surface area contributed by atoms with Crippen LogP contribution in [0.2, 0.25) is 0 Å². The van der Waals surface area contributed by atoms with Gasteiger partial charge in [-0.05, 0) is 36.9 Å². The number of amides is 2. The minimum atomic E-state index is -0.873. The molecule has 0 aromatic carbocycles. The van der Waals surface area contributed by atoms with Gasteiger partial charge in [0.1, 0.15) is 12.1 Å². The molecule has 0 aliphatic heterocycles. The van der Waals surface area contributed by atoms with E-state index < -0.39 is 24.0 Å². The lowest BCUT2D eigenvalue weighted by Gasteiger charge is -2.19. The minimum absolute atomic E-state index is 0.364. The fourth-order valence-corrected chi connectivity index (χ4v) is 2.64. The molecule has 0 spiro atoms. The second-order valence-electron chi connectivity index (χ2n) is 4.81. The van der Waals surface area contributed by atoms with Crippen molar-refractivity contribution in [3.05, 3.63) is 0 Å². The molecule has 2 N–H and O–H groups in total. The van der Waals surface area contributed by atoms with Gasteiger partial charge in [0.2, 0.25) is 11.8 Å². The highest BCUT2D eigenvalue weighted by atomic mass is 32.2. The number of carbonyl (C=O) groups excluding carboxylic acids is 4. The number of hydrogen-bond acceptors (Lipinski definition) is 7. The Labute approximate surface area is 145 Å². The summed E-state index contributed by atoms with van der Waals surface area (Å²) in [5, 5.41) is 4.94. The normalized spacial score (nSPS) is 12.9. The molecule has 0 aliphatic rings. The van der Waals surface area contributed by atoms with Crippen molar-refractivity contribution in [2.24, 2.45) is 0 Å². The Kier molecular flexibility index (Phi) is 11.6. The number of esters is 2. The second kappa shape index (κ2) is 12.2. The summed E-state index contributed by atoms with van der Waals surface area (Å²) in [4.78, 5) is 46.5. The minimum Gasteiger partial charge on any atom is -0.390 e. The molecule has 0 aromatic rings. The van der Waals surface area contributed by atoms with Gasteiger partial charge in [0.05, 0.1) is 0 Å². The molecule has 0 rings (SSSR count). The van der Waals surface area contributed by atoms with E-state index in [4.69, 9.17) is 4.74 Å². The van der Waals surface area contributed by atoms with E-state index in [2.05, 4.69) is 10.6 Å². The summed E-state index contributed by atoms with van der Waals surface area (Å²) in [6, 6.07) is -1.75. The van der Waals surface area contributed by atoms with Gasteiger partial charge < -0.3 is 15.4 Å². The third kappa shape index (κ3) is 10.2. The molecule has 7 nitrogen and oxygen atoms in total. The number of nitrogens with one attached hydrogen (secondary N) is 2. The molecule has 0 unspecified atom stereocenters. The molecule has 0 aliphatic carbocycles. The van der Waals surface area contributed by atoms with Gasteiger partial charge in [-0.15, -0.1) is 0 Å². The maximum absolute atomic E-state index is 12.1. The van der Waals surface area contributed by atoms with E-state index in [1.807, 2.05) is 12.5 Å². The summed E-state index contributed by atoms with van der Waals surface area (Å²) in [7, 11) is 0. The molecule has 23 heavy (non-hydrogen) atoms. The summed E-state index contributed by atoms with van der Waals surface area (Å²) >= 11 is 3.03. The lowest BCUT2D eigenvalue weighted by molar-refractivity contribution is -0.164.